The Bertz CT molecular complexity index is 1630. The van der Waals surface area contributed by atoms with Gasteiger partial charge in [0.2, 0.25) is 0 Å². The number of carbonyl (C=O) groups is 1. The molecule has 0 aliphatic carbocycles. The number of thiazole rings is 1. The Morgan fingerprint density at radius 1 is 1.07 bits per heavy atom. The third-order valence-corrected chi connectivity index (χ3v) is 9.29. The Morgan fingerprint density at radius 2 is 1.76 bits per heavy atom. The van der Waals surface area contributed by atoms with E-state index in [1.807, 2.05) is 13.0 Å². The Balaban J connectivity index is 0.00000480. The molecule has 1 aliphatic heterocycles. The molecular formula is C34H41ClF3N3O4S. The van der Waals surface area contributed by atoms with Crippen molar-refractivity contribution in [1.82, 2.24) is 15.0 Å². The topological polar surface area (TPSA) is 77.7 Å². The van der Waals surface area contributed by atoms with Crippen LogP contribution in [0.2, 0.25) is 0 Å². The first kappa shape index (κ1) is 35.7. The van der Waals surface area contributed by atoms with Gasteiger partial charge in [0.15, 0.2) is 11.2 Å². The molecule has 0 bridgehead atoms. The maximum Gasteiger partial charge on any atom is 0.416 e. The van der Waals surface area contributed by atoms with Crippen LogP contribution in [-0.2, 0) is 28.5 Å². The van der Waals surface area contributed by atoms with E-state index < -0.39 is 23.3 Å². The molecular weight excluding hydrogens is 639 g/mol. The van der Waals surface area contributed by atoms with Gasteiger partial charge in [-0.15, -0.1) is 23.7 Å². The van der Waals surface area contributed by atoms with E-state index in [1.165, 1.54) is 42.7 Å². The molecule has 3 heterocycles. The molecule has 0 amide bonds. The molecule has 5 rings (SSSR count). The van der Waals surface area contributed by atoms with Gasteiger partial charge < -0.3 is 14.0 Å². The van der Waals surface area contributed by atoms with E-state index in [1.54, 1.807) is 19.9 Å². The van der Waals surface area contributed by atoms with E-state index in [0.29, 0.717) is 41.4 Å². The summed E-state index contributed by atoms with van der Waals surface area (Å²) >= 11 is 1.49. The summed E-state index contributed by atoms with van der Waals surface area (Å²) in [5, 5.41) is 5.89. The molecule has 0 saturated carbocycles. The van der Waals surface area contributed by atoms with Crippen LogP contribution in [0.4, 0.5) is 13.2 Å². The van der Waals surface area contributed by atoms with Crippen molar-refractivity contribution in [2.24, 2.45) is 0 Å². The van der Waals surface area contributed by atoms with Crippen molar-refractivity contribution in [3.63, 3.8) is 0 Å². The van der Waals surface area contributed by atoms with Crippen molar-refractivity contribution >= 4 is 40.7 Å². The summed E-state index contributed by atoms with van der Waals surface area (Å²) in [6.45, 7) is 12.6. The maximum absolute atomic E-state index is 13.0. The van der Waals surface area contributed by atoms with Crippen LogP contribution in [0.1, 0.15) is 80.3 Å². The quantitative estimate of drug-likeness (QED) is 0.147. The molecule has 7 nitrogen and oxygen atoms in total. The molecule has 1 aliphatic rings. The maximum atomic E-state index is 13.0. The van der Waals surface area contributed by atoms with E-state index in [0.717, 1.165) is 59.0 Å². The van der Waals surface area contributed by atoms with Crippen molar-refractivity contribution in [3.8, 4) is 16.3 Å². The van der Waals surface area contributed by atoms with Gasteiger partial charge in [-0.3, -0.25) is 4.90 Å². The Hall–Kier alpha value is -3.15. The lowest BCUT2D eigenvalue weighted by Crippen LogP contribution is -2.41. The molecule has 250 valence electrons. The monoisotopic (exact) mass is 679 g/mol. The SMILES string of the molecule is Cc1cc2c(CCc3sc(-c4ccc(C(F)(F)F)cc4)nc3C(C)C)noc2cc1OC(C)(C)C(=O)OCCN1CCCCC1.Cl. The average molecular weight is 680 g/mol. The van der Waals surface area contributed by atoms with Crippen LogP contribution in [0, 0.1) is 6.92 Å². The van der Waals surface area contributed by atoms with Crippen molar-refractivity contribution in [1.29, 1.82) is 0 Å². The molecule has 2 aromatic carbocycles. The number of nitrogens with zero attached hydrogens (tertiary/aromatic N) is 3. The Kier molecular flexibility index (Phi) is 11.4. The van der Waals surface area contributed by atoms with Gasteiger partial charge in [-0.2, -0.15) is 13.2 Å². The average Bonchev–Trinajstić information content (AvgIpc) is 3.60. The number of fused-ring (bicyclic) bond motifs is 1. The third kappa shape index (κ3) is 8.41. The third-order valence-electron chi connectivity index (χ3n) is 8.11. The van der Waals surface area contributed by atoms with Crippen molar-refractivity contribution in [2.45, 2.75) is 84.4 Å². The minimum atomic E-state index is -4.38. The molecule has 1 fully saturated rings. The van der Waals surface area contributed by atoms with Gasteiger partial charge in [0, 0.05) is 28.4 Å². The number of hydrogen-bond acceptors (Lipinski definition) is 8. The normalized spacial score (nSPS) is 14.5. The van der Waals surface area contributed by atoms with E-state index in [9.17, 15) is 18.0 Å². The van der Waals surface area contributed by atoms with Crippen molar-refractivity contribution < 1.29 is 32.0 Å². The summed E-state index contributed by atoms with van der Waals surface area (Å²) < 4.78 is 56.5. The van der Waals surface area contributed by atoms with Crippen LogP contribution < -0.4 is 4.74 Å². The highest BCUT2D eigenvalue weighted by Crippen LogP contribution is 2.36. The first-order valence-corrected chi connectivity index (χ1v) is 16.3. The number of ether oxygens (including phenoxy) is 2. The van der Waals surface area contributed by atoms with E-state index in [4.69, 9.17) is 19.0 Å². The minimum absolute atomic E-state index is 0. The van der Waals surface area contributed by atoms with Gasteiger partial charge in [0.25, 0.3) is 0 Å². The number of likely N-dealkylation sites (tertiary alicyclic amines) is 1. The van der Waals surface area contributed by atoms with E-state index >= 15 is 0 Å². The predicted octanol–water partition coefficient (Wildman–Crippen LogP) is 8.80. The number of carbonyl (C=O) groups excluding carboxylic acids is 1. The lowest BCUT2D eigenvalue weighted by molar-refractivity contribution is -0.159. The fourth-order valence-electron chi connectivity index (χ4n) is 5.51. The Morgan fingerprint density at radius 3 is 2.41 bits per heavy atom. The van der Waals surface area contributed by atoms with E-state index in [2.05, 4.69) is 23.9 Å². The summed E-state index contributed by atoms with van der Waals surface area (Å²) in [6, 6.07) is 8.85. The van der Waals surface area contributed by atoms with Crippen LogP contribution in [0.5, 0.6) is 5.75 Å². The number of alkyl halides is 3. The van der Waals surface area contributed by atoms with Gasteiger partial charge in [0.1, 0.15) is 17.4 Å². The van der Waals surface area contributed by atoms with Crippen LogP contribution in [0.3, 0.4) is 0 Å². The number of aromatic nitrogens is 2. The zero-order chi connectivity index (χ0) is 32.4. The zero-order valence-corrected chi connectivity index (χ0v) is 28.5. The molecule has 2 aromatic heterocycles. The molecule has 46 heavy (non-hydrogen) atoms. The summed E-state index contributed by atoms with van der Waals surface area (Å²) in [5.41, 5.74) is 1.90. The fraction of sp³-hybridized carbons (Fsp3) is 0.500. The molecule has 1 saturated heterocycles. The van der Waals surface area contributed by atoms with Gasteiger partial charge in [-0.25, -0.2) is 9.78 Å². The highest BCUT2D eigenvalue weighted by molar-refractivity contribution is 7.15. The largest absolute Gasteiger partial charge is 0.476 e. The standard InChI is InChI=1S/C34H40F3N3O4S.ClH/c1-21(2)30-29(45-31(38-30)23-9-11-24(12-10-23)34(35,36)37)14-13-26-25-19-22(3)27(20-28(25)44-39-26)43-33(4,5)32(41)42-18-17-40-15-7-6-8-16-40;/h9-12,19-21H,6-8,13-18H2,1-5H3;1H. The second-order valence-corrected chi connectivity index (χ2v) is 13.5. The smallest absolute Gasteiger partial charge is 0.416 e. The van der Waals surface area contributed by atoms with Gasteiger partial charge >= 0.3 is 12.1 Å². The molecule has 0 atom stereocenters. The lowest BCUT2D eigenvalue weighted by Gasteiger charge is -2.28. The summed E-state index contributed by atoms with van der Waals surface area (Å²) in [4.78, 5) is 21.1. The fourth-order valence-corrected chi connectivity index (χ4v) is 6.73. The van der Waals surface area contributed by atoms with Crippen LogP contribution >= 0.6 is 23.7 Å². The van der Waals surface area contributed by atoms with E-state index in [-0.39, 0.29) is 18.3 Å². The molecule has 0 unspecified atom stereocenters. The number of piperidine rings is 1. The highest BCUT2D eigenvalue weighted by atomic mass is 35.5. The molecule has 0 radical (unpaired) electrons. The number of aryl methyl sites for hydroxylation is 3. The first-order chi connectivity index (χ1) is 21.3. The van der Waals surface area contributed by atoms with Crippen LogP contribution in [0.25, 0.3) is 21.5 Å². The predicted molar refractivity (Wildman–Crippen MR) is 176 cm³/mol. The summed E-state index contributed by atoms with van der Waals surface area (Å²) in [5.74, 6) is 0.252. The minimum Gasteiger partial charge on any atom is -0.476 e. The lowest BCUT2D eigenvalue weighted by atomic mass is 10.0. The Labute approximate surface area is 277 Å². The molecule has 0 N–H and O–H groups in total. The van der Waals surface area contributed by atoms with Gasteiger partial charge in [-0.1, -0.05) is 37.6 Å². The zero-order valence-electron chi connectivity index (χ0n) is 26.8. The second-order valence-electron chi connectivity index (χ2n) is 12.5. The number of esters is 1. The van der Waals surface area contributed by atoms with Crippen LogP contribution in [0.15, 0.2) is 40.9 Å². The number of halogens is 4. The number of hydrogen-bond donors (Lipinski definition) is 0. The highest BCUT2D eigenvalue weighted by Gasteiger charge is 2.33. The molecule has 0 spiro atoms. The molecule has 12 heteroatoms. The van der Waals surface area contributed by atoms with Gasteiger partial charge in [0.05, 0.1) is 17.0 Å². The number of rotatable bonds is 11. The first-order valence-electron chi connectivity index (χ1n) is 15.5. The van der Waals surface area contributed by atoms with Crippen molar-refractivity contribution in [2.75, 3.05) is 26.2 Å². The summed E-state index contributed by atoms with van der Waals surface area (Å²) in [6.07, 6.45) is 0.496. The summed E-state index contributed by atoms with van der Waals surface area (Å²) in [7, 11) is 0. The number of benzene rings is 2. The van der Waals surface area contributed by atoms with Crippen molar-refractivity contribution in [3.05, 3.63) is 63.8 Å². The second kappa shape index (κ2) is 14.7. The molecule has 4 aromatic rings. The van der Waals surface area contributed by atoms with Gasteiger partial charge in [-0.05, 0) is 89.2 Å². The van der Waals surface area contributed by atoms with Crippen LogP contribution in [-0.4, -0.2) is 52.9 Å².